The van der Waals surface area contributed by atoms with Crippen molar-refractivity contribution < 1.29 is 4.74 Å². The summed E-state index contributed by atoms with van der Waals surface area (Å²) in [6, 6.07) is 0. The molecule has 190 valence electrons. The van der Waals surface area contributed by atoms with Gasteiger partial charge in [-0.25, -0.2) is 0 Å². The van der Waals surface area contributed by atoms with Gasteiger partial charge in [-0.2, -0.15) is 0 Å². The molecule has 0 aromatic rings. The fourth-order valence-electron chi connectivity index (χ4n) is 9.26. The van der Waals surface area contributed by atoms with E-state index in [1.54, 1.807) is 5.57 Å². The normalized spacial score (nSPS) is 41.5. The quantitative estimate of drug-likeness (QED) is 0.314. The van der Waals surface area contributed by atoms with Gasteiger partial charge in [0.15, 0.2) is 0 Å². The van der Waals surface area contributed by atoms with Crippen molar-refractivity contribution in [1.82, 2.24) is 0 Å². The van der Waals surface area contributed by atoms with Gasteiger partial charge in [0.25, 0.3) is 0 Å². The average molecular weight is 457 g/mol. The summed E-state index contributed by atoms with van der Waals surface area (Å²) in [4.78, 5) is 0. The Morgan fingerprint density at radius 2 is 1.64 bits per heavy atom. The number of fused-ring (bicyclic) bond motifs is 5. The van der Waals surface area contributed by atoms with Gasteiger partial charge in [0.1, 0.15) is 0 Å². The van der Waals surface area contributed by atoms with Crippen LogP contribution in [0.15, 0.2) is 11.6 Å². The van der Waals surface area contributed by atoms with Crippen molar-refractivity contribution in [2.45, 2.75) is 132 Å². The highest BCUT2D eigenvalue weighted by atomic mass is 16.5. The number of allylic oxidation sites excluding steroid dienone is 1. The molecule has 33 heavy (non-hydrogen) atoms. The minimum absolute atomic E-state index is 0.461. The molecule has 0 aromatic carbocycles. The van der Waals surface area contributed by atoms with Gasteiger partial charge in [-0.05, 0) is 110 Å². The summed E-state index contributed by atoms with van der Waals surface area (Å²) in [5.41, 5.74) is 2.85. The molecule has 0 bridgehead atoms. The molecule has 0 spiro atoms. The molecule has 1 nitrogen and oxygen atoms in total. The Labute approximate surface area is 206 Å². The lowest BCUT2D eigenvalue weighted by Crippen LogP contribution is -2.51. The summed E-state index contributed by atoms with van der Waals surface area (Å²) in [6.07, 6.45) is 19.9. The fourth-order valence-corrected chi connectivity index (χ4v) is 9.26. The first kappa shape index (κ1) is 25.8. The van der Waals surface area contributed by atoms with Crippen LogP contribution in [-0.2, 0) is 4.74 Å². The lowest BCUT2D eigenvalue weighted by molar-refractivity contribution is -0.0644. The molecule has 0 radical (unpaired) electrons. The topological polar surface area (TPSA) is 9.23 Å². The minimum Gasteiger partial charge on any atom is -0.378 e. The molecule has 1 heteroatoms. The molecule has 4 aliphatic carbocycles. The van der Waals surface area contributed by atoms with Crippen molar-refractivity contribution in [3.05, 3.63) is 11.6 Å². The van der Waals surface area contributed by atoms with Crippen LogP contribution in [0.3, 0.4) is 0 Å². The van der Waals surface area contributed by atoms with Crippen LogP contribution in [0.5, 0.6) is 0 Å². The van der Waals surface area contributed by atoms with Gasteiger partial charge >= 0.3 is 0 Å². The van der Waals surface area contributed by atoms with Gasteiger partial charge in [0, 0.05) is 6.61 Å². The van der Waals surface area contributed by atoms with Crippen LogP contribution in [0.4, 0.5) is 0 Å². The zero-order chi connectivity index (χ0) is 23.8. The molecule has 0 N–H and O–H groups in total. The molecule has 0 amide bonds. The van der Waals surface area contributed by atoms with Gasteiger partial charge in [0.2, 0.25) is 0 Å². The van der Waals surface area contributed by atoms with Crippen LogP contribution in [0, 0.1) is 52.3 Å². The number of hydrogen-bond acceptors (Lipinski definition) is 1. The maximum absolute atomic E-state index is 6.36. The van der Waals surface area contributed by atoms with E-state index in [0.717, 1.165) is 48.0 Å². The molecule has 0 saturated heterocycles. The Bertz CT molecular complexity index is 676. The molecule has 0 aliphatic heterocycles. The van der Waals surface area contributed by atoms with Crippen LogP contribution < -0.4 is 0 Å². The molecular formula is C32H56O. The lowest BCUT2D eigenvalue weighted by Gasteiger charge is -2.58. The maximum atomic E-state index is 6.36. The Morgan fingerprint density at radius 1 is 0.879 bits per heavy atom. The second kappa shape index (κ2) is 10.4. The molecule has 4 rings (SSSR count). The predicted octanol–water partition coefficient (Wildman–Crippen LogP) is 9.46. The highest BCUT2D eigenvalue weighted by Gasteiger charge is 2.59. The standard InChI is InChI=1S/C32H56O/c1-22(2)9-8-10-24(5)28-13-14-29-27-12-11-25-21-26(33-20-17-23(3)4)15-18-31(25,6)30(27)16-19-32(28,29)7/h11,22-24,26-30H,8-10,12-21H2,1-7H3/t24-,26+,27-,28+,29-,30-,31+,32-/m1/s1. The van der Waals surface area contributed by atoms with Crippen LogP contribution >= 0.6 is 0 Å². The highest BCUT2D eigenvalue weighted by Crippen LogP contribution is 2.67. The zero-order valence-corrected chi connectivity index (χ0v) is 23.3. The third-order valence-corrected chi connectivity index (χ3v) is 11.3. The molecule has 0 unspecified atom stereocenters. The first-order valence-electron chi connectivity index (χ1n) is 15.0. The molecule has 0 aromatic heterocycles. The molecule has 3 fully saturated rings. The zero-order valence-electron chi connectivity index (χ0n) is 23.3. The summed E-state index contributed by atoms with van der Waals surface area (Å²) in [5.74, 6) is 6.35. The Kier molecular flexibility index (Phi) is 8.09. The van der Waals surface area contributed by atoms with E-state index in [9.17, 15) is 0 Å². The second-order valence-electron chi connectivity index (χ2n) is 14.2. The van der Waals surface area contributed by atoms with E-state index in [2.05, 4.69) is 54.5 Å². The van der Waals surface area contributed by atoms with E-state index in [1.807, 2.05) is 0 Å². The van der Waals surface area contributed by atoms with Gasteiger partial charge < -0.3 is 4.74 Å². The third kappa shape index (κ3) is 5.15. The predicted molar refractivity (Wildman–Crippen MR) is 142 cm³/mol. The Morgan fingerprint density at radius 3 is 2.36 bits per heavy atom. The number of hydrogen-bond donors (Lipinski definition) is 0. The highest BCUT2D eigenvalue weighted by molar-refractivity contribution is 5.25. The van der Waals surface area contributed by atoms with Gasteiger partial charge in [-0.1, -0.05) is 79.4 Å². The summed E-state index contributed by atoms with van der Waals surface area (Å²) in [6.45, 7) is 18.3. The Balaban J connectivity index is 1.41. The van der Waals surface area contributed by atoms with Crippen molar-refractivity contribution in [1.29, 1.82) is 0 Å². The summed E-state index contributed by atoms with van der Waals surface area (Å²) in [7, 11) is 0. The molecule has 8 atom stereocenters. The summed E-state index contributed by atoms with van der Waals surface area (Å²) < 4.78 is 6.36. The van der Waals surface area contributed by atoms with Crippen molar-refractivity contribution in [2.24, 2.45) is 52.3 Å². The summed E-state index contributed by atoms with van der Waals surface area (Å²) >= 11 is 0. The summed E-state index contributed by atoms with van der Waals surface area (Å²) in [5, 5.41) is 0. The van der Waals surface area contributed by atoms with Crippen molar-refractivity contribution >= 4 is 0 Å². The van der Waals surface area contributed by atoms with Gasteiger partial charge in [-0.15, -0.1) is 0 Å². The van der Waals surface area contributed by atoms with Crippen LogP contribution in [0.1, 0.15) is 126 Å². The Hall–Kier alpha value is -0.300. The maximum Gasteiger partial charge on any atom is 0.0612 e. The van der Waals surface area contributed by atoms with Crippen molar-refractivity contribution in [2.75, 3.05) is 6.61 Å². The number of rotatable bonds is 9. The monoisotopic (exact) mass is 456 g/mol. The number of ether oxygens (including phenoxy) is 1. The minimum atomic E-state index is 0.461. The van der Waals surface area contributed by atoms with E-state index in [-0.39, 0.29) is 0 Å². The van der Waals surface area contributed by atoms with E-state index < -0.39 is 0 Å². The fraction of sp³-hybridized carbons (Fsp3) is 0.938. The van der Waals surface area contributed by atoms with Crippen LogP contribution in [-0.4, -0.2) is 12.7 Å². The van der Waals surface area contributed by atoms with Crippen molar-refractivity contribution in [3.63, 3.8) is 0 Å². The lowest BCUT2D eigenvalue weighted by atomic mass is 9.47. The van der Waals surface area contributed by atoms with E-state index in [4.69, 9.17) is 4.74 Å². The first-order chi connectivity index (χ1) is 15.6. The molecule has 0 heterocycles. The largest absolute Gasteiger partial charge is 0.378 e. The smallest absolute Gasteiger partial charge is 0.0612 e. The molecular weight excluding hydrogens is 400 g/mol. The van der Waals surface area contributed by atoms with E-state index in [0.29, 0.717) is 16.9 Å². The first-order valence-corrected chi connectivity index (χ1v) is 15.0. The van der Waals surface area contributed by atoms with Crippen LogP contribution in [0.25, 0.3) is 0 Å². The van der Waals surface area contributed by atoms with Gasteiger partial charge in [-0.3, -0.25) is 0 Å². The SMILES string of the molecule is CC(C)CCC[C@@H](C)[C@@H]1CC[C@@H]2[C@H]3CC=C4C[C@@H](OCCC(C)C)CC[C@]4(C)[C@@H]3CC[C@@]21C. The molecule has 3 saturated carbocycles. The molecule has 4 aliphatic rings. The second-order valence-corrected chi connectivity index (χ2v) is 14.2. The van der Waals surface area contributed by atoms with E-state index in [1.165, 1.54) is 77.0 Å². The van der Waals surface area contributed by atoms with Gasteiger partial charge in [0.05, 0.1) is 6.10 Å². The van der Waals surface area contributed by atoms with E-state index >= 15 is 0 Å². The third-order valence-electron chi connectivity index (χ3n) is 11.3. The average Bonchev–Trinajstić information content (AvgIpc) is 3.10. The van der Waals surface area contributed by atoms with Crippen LogP contribution in [0.2, 0.25) is 0 Å². The van der Waals surface area contributed by atoms with Crippen molar-refractivity contribution in [3.8, 4) is 0 Å².